The molecule has 22 nitrogen and oxygen atoms in total. The standard InChI is InChI=1S/C60H82N12O10/c1-7-19-67-50-42(53(73)70(22-10-4)58(67)78)61-47(64-50)37-25-31-13-14-32(26-37)40(31)41(56(76)81-45-33-15-16-34(45)28-38(27-33)48-62-43-51(65-48)68(20-8-2)59(79)71(23-11-5)54(43)74)57(77)82-46-35-17-18-36(46)30-39(29-35)49-63-44-52(66-49)69(21-9-3)60(80)72(24-12-6)55(44)75/h31-41,45-46H,7-30H2,1-6H3,(H,61,64)(H,62,65)(H,63,66). The van der Waals surface area contributed by atoms with Crippen molar-refractivity contribution in [2.24, 2.45) is 47.3 Å². The molecule has 22 heteroatoms. The van der Waals surface area contributed by atoms with Gasteiger partial charge in [0.2, 0.25) is 0 Å². The molecule has 6 fully saturated rings. The molecule has 6 bridgehead atoms. The Balaban J connectivity index is 0.822. The van der Waals surface area contributed by atoms with E-state index >= 15 is 9.59 Å². The monoisotopic (exact) mass is 1130 g/mol. The number of nitrogens with one attached hydrogen (secondary N) is 3. The topological polar surface area (TPSA) is 271 Å². The molecule has 0 aromatic carbocycles. The largest absolute Gasteiger partial charge is 0.461 e. The first-order chi connectivity index (χ1) is 39.7. The Kier molecular flexibility index (Phi) is 15.4. The van der Waals surface area contributed by atoms with Crippen molar-refractivity contribution in [3.8, 4) is 0 Å². The van der Waals surface area contributed by atoms with E-state index in [1.165, 1.54) is 13.7 Å². The molecule has 0 saturated heterocycles. The van der Waals surface area contributed by atoms with Crippen molar-refractivity contribution >= 4 is 45.4 Å². The maximum Gasteiger partial charge on any atom is 0.332 e. The van der Waals surface area contributed by atoms with Crippen LogP contribution in [0.5, 0.6) is 0 Å². The highest BCUT2D eigenvalue weighted by Crippen LogP contribution is 2.57. The van der Waals surface area contributed by atoms with Crippen molar-refractivity contribution in [1.29, 1.82) is 0 Å². The lowest BCUT2D eigenvalue weighted by molar-refractivity contribution is -0.180. The highest BCUT2D eigenvalue weighted by atomic mass is 16.6. The van der Waals surface area contributed by atoms with Gasteiger partial charge in [-0.2, -0.15) is 0 Å². The van der Waals surface area contributed by atoms with Gasteiger partial charge in [0, 0.05) is 57.0 Å². The lowest BCUT2D eigenvalue weighted by Crippen LogP contribution is -2.46. The summed E-state index contributed by atoms with van der Waals surface area (Å²) >= 11 is 0. The molecule has 6 unspecified atom stereocenters. The summed E-state index contributed by atoms with van der Waals surface area (Å²) in [5, 5.41) is 0. The number of hydrogen-bond donors (Lipinski definition) is 3. The Labute approximate surface area is 473 Å². The van der Waals surface area contributed by atoms with E-state index in [1.807, 2.05) is 41.5 Å². The molecule has 442 valence electrons. The Morgan fingerprint density at radius 1 is 0.415 bits per heavy atom. The molecule has 6 aliphatic rings. The van der Waals surface area contributed by atoms with Gasteiger partial charge in [-0.1, -0.05) is 41.5 Å². The average Bonchev–Trinajstić information content (AvgIpc) is 4.09. The van der Waals surface area contributed by atoms with E-state index in [1.54, 1.807) is 13.7 Å². The number of carbonyl (C=O) groups is 2. The first-order valence-corrected chi connectivity index (χ1v) is 31.3. The third-order valence-electron chi connectivity index (χ3n) is 20.1. The van der Waals surface area contributed by atoms with Crippen LogP contribution >= 0.6 is 0 Å². The SMILES string of the molecule is CCCn1c(=O)c2[nH]c(C3CC4CCC(C3)C4OC(=O)C(C(=O)OC3C4CCC3CC(c3nc5c([nH]3)c(=O)n(CCC)c(=O)n5CCC)C4)C3C4CCC3CC(c3nc5c([nH]3)c(=O)n(CCC)c(=O)n5CCC)C4)nc2n(CCC)c1=O. The highest BCUT2D eigenvalue weighted by Gasteiger charge is 2.56. The van der Waals surface area contributed by atoms with Gasteiger partial charge >= 0.3 is 29.0 Å². The predicted molar refractivity (Wildman–Crippen MR) is 307 cm³/mol. The summed E-state index contributed by atoms with van der Waals surface area (Å²) < 4.78 is 22.3. The van der Waals surface area contributed by atoms with Gasteiger partial charge in [0.15, 0.2) is 22.9 Å². The number of aromatic amines is 3. The number of fused-ring (bicyclic) bond motifs is 9. The maximum absolute atomic E-state index is 15.4. The molecular formula is C60H82N12O10. The van der Waals surface area contributed by atoms with Crippen LogP contribution in [0, 0.1) is 47.3 Å². The minimum absolute atomic E-state index is 0.00435. The number of aromatic nitrogens is 12. The van der Waals surface area contributed by atoms with Crippen molar-refractivity contribution in [3.05, 3.63) is 80.0 Å². The molecule has 6 atom stereocenters. The number of hydrogen-bond acceptors (Lipinski definition) is 13. The van der Waals surface area contributed by atoms with E-state index < -0.39 is 30.1 Å². The van der Waals surface area contributed by atoms with E-state index in [2.05, 4.69) is 15.0 Å². The summed E-state index contributed by atoms with van der Waals surface area (Å²) in [5.74, 6) is -0.879. The Bertz CT molecular complexity index is 3600. The van der Waals surface area contributed by atoms with Gasteiger partial charge in [-0.3, -0.25) is 51.4 Å². The van der Waals surface area contributed by atoms with Gasteiger partial charge in [0.05, 0.1) is 0 Å². The van der Waals surface area contributed by atoms with E-state index in [0.717, 1.165) is 38.5 Å². The van der Waals surface area contributed by atoms with E-state index in [4.69, 9.17) is 24.4 Å². The van der Waals surface area contributed by atoms with Gasteiger partial charge in [-0.05, 0) is 157 Å². The second-order valence-corrected chi connectivity index (χ2v) is 25.3. The Morgan fingerprint density at radius 3 is 0.951 bits per heavy atom. The normalized spacial score (nSPS) is 28.0. The smallest absolute Gasteiger partial charge is 0.332 e. The predicted octanol–water partition coefficient (Wildman–Crippen LogP) is 6.91. The summed E-state index contributed by atoms with van der Waals surface area (Å²) in [5.41, 5.74) is -0.0247. The van der Waals surface area contributed by atoms with Crippen molar-refractivity contribution in [1.82, 2.24) is 57.3 Å². The first kappa shape index (κ1) is 55.9. The number of rotatable bonds is 20. The molecule has 6 aliphatic carbocycles. The number of imidazole rings is 3. The molecule has 0 radical (unpaired) electrons. The zero-order valence-corrected chi connectivity index (χ0v) is 48.6. The molecule has 0 aliphatic heterocycles. The summed E-state index contributed by atoms with van der Waals surface area (Å²) in [6, 6.07) is 0. The summed E-state index contributed by atoms with van der Waals surface area (Å²) in [6.45, 7) is 14.0. The Morgan fingerprint density at radius 2 is 0.671 bits per heavy atom. The summed E-state index contributed by atoms with van der Waals surface area (Å²) in [4.78, 5) is 138. The zero-order valence-electron chi connectivity index (χ0n) is 48.6. The van der Waals surface area contributed by atoms with E-state index in [0.29, 0.717) is 167 Å². The molecule has 0 amide bonds. The molecule has 3 N–H and O–H groups in total. The van der Waals surface area contributed by atoms with Crippen molar-refractivity contribution < 1.29 is 19.1 Å². The van der Waals surface area contributed by atoms with Crippen molar-refractivity contribution in [2.75, 3.05) is 0 Å². The highest BCUT2D eigenvalue weighted by molar-refractivity contribution is 5.95. The Hall–Kier alpha value is -6.61. The number of esters is 2. The molecular weight excluding hydrogens is 1050 g/mol. The van der Waals surface area contributed by atoms with Gasteiger partial charge in [-0.25, -0.2) is 29.3 Å². The fourth-order valence-electron chi connectivity index (χ4n) is 16.6. The van der Waals surface area contributed by atoms with Crippen LogP contribution in [0.4, 0.5) is 0 Å². The van der Waals surface area contributed by atoms with Gasteiger partial charge < -0.3 is 24.4 Å². The third-order valence-corrected chi connectivity index (χ3v) is 20.1. The average molecular weight is 1130 g/mol. The minimum atomic E-state index is -1.16. The zero-order chi connectivity index (χ0) is 57.4. The number of ether oxygens (including phenoxy) is 2. The van der Waals surface area contributed by atoms with Crippen LogP contribution in [0.2, 0.25) is 0 Å². The maximum atomic E-state index is 15.4. The molecule has 6 saturated carbocycles. The lowest BCUT2D eigenvalue weighted by Gasteiger charge is -2.40. The van der Waals surface area contributed by atoms with Crippen molar-refractivity contribution in [3.63, 3.8) is 0 Å². The van der Waals surface area contributed by atoms with Crippen molar-refractivity contribution in [2.45, 2.75) is 226 Å². The van der Waals surface area contributed by atoms with Gasteiger partial charge in [0.25, 0.3) is 16.7 Å². The number of H-pyrrole nitrogens is 3. The molecule has 6 aromatic rings. The quantitative estimate of drug-likeness (QED) is 0.0518. The van der Waals surface area contributed by atoms with E-state index in [-0.39, 0.29) is 92.9 Å². The number of carbonyl (C=O) groups excluding carboxylic acids is 2. The minimum Gasteiger partial charge on any atom is -0.461 e. The van der Waals surface area contributed by atoms with Crippen LogP contribution in [-0.4, -0.2) is 81.5 Å². The van der Waals surface area contributed by atoms with Crippen LogP contribution < -0.4 is 33.7 Å². The number of aryl methyl sites for hydroxylation is 3. The van der Waals surface area contributed by atoms with E-state index in [9.17, 15) is 28.8 Å². The summed E-state index contributed by atoms with van der Waals surface area (Å²) in [6.07, 6.45) is 12.1. The van der Waals surface area contributed by atoms with Gasteiger partial charge in [-0.15, -0.1) is 0 Å². The molecule has 6 heterocycles. The number of nitrogens with zero attached hydrogens (tertiary/aromatic N) is 9. The van der Waals surface area contributed by atoms with Crippen LogP contribution in [0.1, 0.15) is 192 Å². The molecule has 0 spiro atoms. The second-order valence-electron chi connectivity index (χ2n) is 25.3. The van der Waals surface area contributed by atoms with Crippen LogP contribution in [0.15, 0.2) is 28.8 Å². The lowest BCUT2D eigenvalue weighted by atomic mass is 9.67. The fourth-order valence-corrected chi connectivity index (χ4v) is 16.6. The third kappa shape index (κ3) is 9.39. The summed E-state index contributed by atoms with van der Waals surface area (Å²) in [7, 11) is 0. The molecule has 6 aromatic heterocycles. The van der Waals surface area contributed by atoms with Gasteiger partial charge in [0.1, 0.15) is 46.2 Å². The second kappa shape index (κ2) is 22.5. The van der Waals surface area contributed by atoms with Crippen LogP contribution in [-0.2, 0) is 58.3 Å². The fraction of sp³-hybridized carbons (Fsp3) is 0.717. The molecule has 12 rings (SSSR count). The first-order valence-electron chi connectivity index (χ1n) is 31.3. The van der Waals surface area contributed by atoms with Crippen LogP contribution in [0.25, 0.3) is 33.5 Å². The van der Waals surface area contributed by atoms with Crippen LogP contribution in [0.3, 0.4) is 0 Å². The molecule has 82 heavy (non-hydrogen) atoms.